The molecule has 3 fully saturated rings. The van der Waals surface area contributed by atoms with E-state index in [9.17, 15) is 9.59 Å². The van der Waals surface area contributed by atoms with Gasteiger partial charge in [-0.05, 0) is 25.0 Å². The van der Waals surface area contributed by atoms with Crippen LogP contribution in [0.25, 0.3) is 0 Å². The number of aliphatic imine (C=N–C) groups is 1. The molecule has 3 heterocycles. The van der Waals surface area contributed by atoms with Crippen molar-refractivity contribution < 1.29 is 14.3 Å². The fraction of sp³-hybridized carbons (Fsp3) is 0.722. The van der Waals surface area contributed by atoms with Gasteiger partial charge in [0.2, 0.25) is 0 Å². The van der Waals surface area contributed by atoms with E-state index in [-0.39, 0.29) is 24.5 Å². The van der Waals surface area contributed by atoms with Crippen LogP contribution in [0.15, 0.2) is 17.1 Å². The van der Waals surface area contributed by atoms with Crippen molar-refractivity contribution in [2.24, 2.45) is 4.99 Å². The van der Waals surface area contributed by atoms with Gasteiger partial charge in [-0.25, -0.2) is 4.79 Å². The Bertz CT molecular complexity index is 583. The van der Waals surface area contributed by atoms with Crippen LogP contribution >= 0.6 is 0 Å². The minimum atomic E-state index is -0.158. The zero-order valence-corrected chi connectivity index (χ0v) is 14.6. The van der Waals surface area contributed by atoms with Crippen molar-refractivity contribution in [2.75, 3.05) is 45.8 Å². The van der Waals surface area contributed by atoms with Gasteiger partial charge in [0.15, 0.2) is 5.78 Å². The molecule has 0 aromatic carbocycles. The number of carbonyl (C=O) groups excluding carboxylic acids is 2. The second-order valence-corrected chi connectivity index (χ2v) is 7.30. The number of hydrogen-bond acceptors (Lipinski definition) is 6. The molecule has 1 saturated carbocycles. The van der Waals surface area contributed by atoms with E-state index in [0.717, 1.165) is 64.0 Å². The molecule has 0 unspecified atom stereocenters. The van der Waals surface area contributed by atoms with Gasteiger partial charge < -0.3 is 14.5 Å². The zero-order valence-electron chi connectivity index (χ0n) is 14.6. The first kappa shape index (κ1) is 16.6. The maximum Gasteiger partial charge on any atom is 0.410 e. The first-order valence-electron chi connectivity index (χ1n) is 9.39. The molecular weight excluding hydrogens is 320 g/mol. The summed E-state index contributed by atoms with van der Waals surface area (Å²) >= 11 is 0. The SMILES string of the molecule is O=C1C=CC(N2CCC(OC(=O)N3CCN(C4CC4)CC3)CC2)=NC1. The molecule has 4 aliphatic rings. The number of carbonyl (C=O) groups is 2. The Labute approximate surface area is 148 Å². The van der Waals surface area contributed by atoms with E-state index in [1.165, 1.54) is 12.8 Å². The molecule has 1 amide bonds. The van der Waals surface area contributed by atoms with E-state index < -0.39 is 0 Å². The number of ether oxygens (including phenoxy) is 1. The topological polar surface area (TPSA) is 65.5 Å². The van der Waals surface area contributed by atoms with E-state index in [1.54, 1.807) is 12.2 Å². The summed E-state index contributed by atoms with van der Waals surface area (Å²) in [6, 6.07) is 0.773. The molecule has 0 aromatic heterocycles. The van der Waals surface area contributed by atoms with Crippen LogP contribution in [-0.4, -0.2) is 90.4 Å². The lowest BCUT2D eigenvalue weighted by Gasteiger charge is -2.37. The van der Waals surface area contributed by atoms with E-state index in [4.69, 9.17) is 4.74 Å². The van der Waals surface area contributed by atoms with Crippen molar-refractivity contribution in [3.8, 4) is 0 Å². The predicted molar refractivity (Wildman–Crippen MR) is 93.7 cm³/mol. The summed E-state index contributed by atoms with van der Waals surface area (Å²) in [4.78, 5) is 34.4. The van der Waals surface area contributed by atoms with Gasteiger partial charge in [0.05, 0.1) is 0 Å². The number of amidine groups is 1. The normalized spacial score (nSPS) is 25.9. The number of dihydropyridines is 1. The van der Waals surface area contributed by atoms with Crippen molar-refractivity contribution in [1.82, 2.24) is 14.7 Å². The number of nitrogens with zero attached hydrogens (tertiary/aromatic N) is 4. The highest BCUT2D eigenvalue weighted by Gasteiger charge is 2.33. The number of hydrogen-bond donors (Lipinski definition) is 0. The fourth-order valence-corrected chi connectivity index (χ4v) is 3.77. The van der Waals surface area contributed by atoms with Crippen LogP contribution in [0.4, 0.5) is 4.79 Å². The van der Waals surface area contributed by atoms with Crippen LogP contribution in [0, 0.1) is 0 Å². The summed E-state index contributed by atoms with van der Waals surface area (Å²) in [5.74, 6) is 0.926. The number of piperazine rings is 1. The van der Waals surface area contributed by atoms with Gasteiger partial charge in [0, 0.05) is 58.2 Å². The predicted octanol–water partition coefficient (Wildman–Crippen LogP) is 0.905. The molecule has 0 atom stereocenters. The maximum atomic E-state index is 12.4. The Kier molecular flexibility index (Phi) is 4.74. The average Bonchev–Trinajstić information content (AvgIpc) is 3.48. The van der Waals surface area contributed by atoms with Crippen LogP contribution in [0.5, 0.6) is 0 Å². The number of rotatable bonds is 2. The van der Waals surface area contributed by atoms with E-state index in [1.807, 2.05) is 4.90 Å². The molecule has 4 rings (SSSR count). The highest BCUT2D eigenvalue weighted by Crippen LogP contribution is 2.27. The molecule has 1 aliphatic carbocycles. The lowest BCUT2D eigenvalue weighted by molar-refractivity contribution is -0.113. The molecule has 0 N–H and O–H groups in total. The third-order valence-corrected chi connectivity index (χ3v) is 5.48. The van der Waals surface area contributed by atoms with Crippen LogP contribution in [-0.2, 0) is 9.53 Å². The quantitative estimate of drug-likeness (QED) is 0.743. The molecule has 2 saturated heterocycles. The van der Waals surface area contributed by atoms with Crippen molar-refractivity contribution in [1.29, 1.82) is 0 Å². The molecule has 136 valence electrons. The first-order valence-corrected chi connectivity index (χ1v) is 9.39. The van der Waals surface area contributed by atoms with Gasteiger partial charge >= 0.3 is 6.09 Å². The molecule has 3 aliphatic heterocycles. The summed E-state index contributed by atoms with van der Waals surface area (Å²) in [7, 11) is 0. The summed E-state index contributed by atoms with van der Waals surface area (Å²) in [6.07, 6.45) is 7.47. The third-order valence-electron chi connectivity index (χ3n) is 5.48. The monoisotopic (exact) mass is 346 g/mol. The molecule has 0 aromatic rings. The lowest BCUT2D eigenvalue weighted by atomic mass is 10.1. The van der Waals surface area contributed by atoms with Gasteiger partial charge in [-0.2, -0.15) is 0 Å². The lowest BCUT2D eigenvalue weighted by Crippen LogP contribution is -2.50. The number of piperidine rings is 1. The Hall–Kier alpha value is -1.89. The molecular formula is C18H26N4O3. The standard InChI is InChI=1S/C18H26N4O3/c23-15-3-4-17(19-13-15)21-7-5-16(6-8-21)25-18(24)22-11-9-20(10-12-22)14-1-2-14/h3-4,14,16H,1-2,5-13H2. The van der Waals surface area contributed by atoms with Gasteiger partial charge in [0.25, 0.3) is 0 Å². The summed E-state index contributed by atoms with van der Waals surface area (Å²) in [5.41, 5.74) is 0. The Morgan fingerprint density at radius 2 is 1.72 bits per heavy atom. The van der Waals surface area contributed by atoms with Crippen molar-refractivity contribution >= 4 is 17.7 Å². The second kappa shape index (κ2) is 7.15. The molecule has 0 radical (unpaired) electrons. The first-order chi connectivity index (χ1) is 12.2. The van der Waals surface area contributed by atoms with Gasteiger partial charge in [-0.15, -0.1) is 0 Å². The zero-order chi connectivity index (χ0) is 17.2. The van der Waals surface area contributed by atoms with Crippen molar-refractivity contribution in [3.05, 3.63) is 12.2 Å². The number of ketones is 1. The summed E-state index contributed by atoms with van der Waals surface area (Å²) in [6.45, 7) is 5.38. The largest absolute Gasteiger partial charge is 0.446 e. The molecule has 0 bridgehead atoms. The summed E-state index contributed by atoms with van der Waals surface area (Å²) < 4.78 is 5.72. The van der Waals surface area contributed by atoms with Crippen LogP contribution < -0.4 is 0 Å². The minimum Gasteiger partial charge on any atom is -0.446 e. The van der Waals surface area contributed by atoms with E-state index >= 15 is 0 Å². The third kappa shape index (κ3) is 4.03. The van der Waals surface area contributed by atoms with Crippen molar-refractivity contribution in [3.63, 3.8) is 0 Å². The smallest absolute Gasteiger partial charge is 0.410 e. The Balaban J connectivity index is 1.20. The highest BCUT2D eigenvalue weighted by molar-refractivity contribution is 6.05. The molecule has 7 nitrogen and oxygen atoms in total. The van der Waals surface area contributed by atoms with Crippen molar-refractivity contribution in [2.45, 2.75) is 37.8 Å². The molecule has 7 heteroatoms. The maximum absolute atomic E-state index is 12.4. The Morgan fingerprint density at radius 3 is 2.32 bits per heavy atom. The second-order valence-electron chi connectivity index (χ2n) is 7.30. The average molecular weight is 346 g/mol. The number of amides is 1. The molecule has 25 heavy (non-hydrogen) atoms. The van der Waals surface area contributed by atoms with Gasteiger partial charge in [-0.1, -0.05) is 0 Å². The van der Waals surface area contributed by atoms with Crippen LogP contribution in [0.2, 0.25) is 0 Å². The minimum absolute atomic E-state index is 0.0139. The van der Waals surface area contributed by atoms with E-state index in [0.29, 0.717) is 0 Å². The van der Waals surface area contributed by atoms with Gasteiger partial charge in [0.1, 0.15) is 18.5 Å². The van der Waals surface area contributed by atoms with Gasteiger partial charge in [-0.3, -0.25) is 14.7 Å². The summed E-state index contributed by atoms with van der Waals surface area (Å²) in [5, 5.41) is 0. The highest BCUT2D eigenvalue weighted by atomic mass is 16.6. The molecule has 0 spiro atoms. The van der Waals surface area contributed by atoms with Crippen LogP contribution in [0.1, 0.15) is 25.7 Å². The van der Waals surface area contributed by atoms with Crippen LogP contribution in [0.3, 0.4) is 0 Å². The fourth-order valence-electron chi connectivity index (χ4n) is 3.77. The van der Waals surface area contributed by atoms with E-state index in [2.05, 4.69) is 14.8 Å². The number of likely N-dealkylation sites (tertiary alicyclic amines) is 1. The Morgan fingerprint density at radius 1 is 1.00 bits per heavy atom.